The minimum absolute atomic E-state index is 0.346. The van der Waals surface area contributed by atoms with Crippen LogP contribution in [0.4, 0.5) is 0 Å². The van der Waals surface area contributed by atoms with Crippen LogP contribution in [0.5, 0.6) is 5.75 Å². The largest absolute Gasteiger partial charge is 0.497 e. The van der Waals surface area contributed by atoms with Gasteiger partial charge in [0.25, 0.3) is 0 Å². The van der Waals surface area contributed by atoms with E-state index < -0.39 is 0 Å². The van der Waals surface area contributed by atoms with Crippen LogP contribution in [-0.4, -0.2) is 17.1 Å². The Morgan fingerprint density at radius 3 is 2.65 bits per heavy atom. The molecule has 2 aromatic carbocycles. The Kier molecular flexibility index (Phi) is 3.31. The summed E-state index contributed by atoms with van der Waals surface area (Å²) in [5.41, 5.74) is 7.52. The second-order valence-electron chi connectivity index (χ2n) is 4.49. The van der Waals surface area contributed by atoms with Gasteiger partial charge < -0.3 is 10.5 Å². The smallest absolute Gasteiger partial charge is 0.142 e. The molecule has 1 aromatic heterocycles. The third-order valence-corrected chi connectivity index (χ3v) is 3.23. The maximum atomic E-state index is 5.58. The zero-order chi connectivity index (χ0) is 13.9. The lowest BCUT2D eigenvalue weighted by atomic mass is 10.0. The predicted molar refractivity (Wildman–Crippen MR) is 79.4 cm³/mol. The van der Waals surface area contributed by atoms with E-state index in [1.165, 1.54) is 0 Å². The average molecular weight is 265 g/mol. The van der Waals surface area contributed by atoms with Crippen LogP contribution in [0.25, 0.3) is 22.0 Å². The molecule has 0 unspecified atom stereocenters. The first kappa shape index (κ1) is 12.6. The number of methoxy groups -OCH3 is 1. The van der Waals surface area contributed by atoms with Crippen molar-refractivity contribution in [1.82, 2.24) is 9.97 Å². The van der Waals surface area contributed by atoms with E-state index in [0.717, 1.165) is 27.8 Å². The summed E-state index contributed by atoms with van der Waals surface area (Å²) >= 11 is 0. The molecular formula is C16H15N3O. The van der Waals surface area contributed by atoms with Crippen LogP contribution in [0.2, 0.25) is 0 Å². The van der Waals surface area contributed by atoms with Crippen LogP contribution >= 0.6 is 0 Å². The summed E-state index contributed by atoms with van der Waals surface area (Å²) in [7, 11) is 1.67. The molecule has 0 bridgehead atoms. The van der Waals surface area contributed by atoms with E-state index in [1.807, 2.05) is 30.3 Å². The average Bonchev–Trinajstić information content (AvgIpc) is 2.54. The second kappa shape index (κ2) is 5.27. The molecule has 0 atom stereocenters. The Bertz CT molecular complexity index is 756. The first-order valence-corrected chi connectivity index (χ1v) is 6.40. The van der Waals surface area contributed by atoms with Crippen molar-refractivity contribution in [2.75, 3.05) is 7.11 Å². The number of nitrogens with two attached hydrogens (primary N) is 1. The number of nitrogens with zero attached hydrogens (tertiary/aromatic N) is 2. The zero-order valence-corrected chi connectivity index (χ0v) is 11.2. The van der Waals surface area contributed by atoms with E-state index in [1.54, 1.807) is 13.3 Å². The maximum Gasteiger partial charge on any atom is 0.142 e. The molecule has 4 heteroatoms. The van der Waals surface area contributed by atoms with Gasteiger partial charge in [0.2, 0.25) is 0 Å². The topological polar surface area (TPSA) is 61.0 Å². The van der Waals surface area contributed by atoms with Crippen molar-refractivity contribution in [2.24, 2.45) is 5.73 Å². The number of fused-ring (bicyclic) bond motifs is 1. The molecule has 0 fully saturated rings. The van der Waals surface area contributed by atoms with Crippen LogP contribution in [-0.2, 0) is 6.54 Å². The molecule has 2 N–H and O–H groups in total. The fourth-order valence-corrected chi connectivity index (χ4v) is 2.17. The highest BCUT2D eigenvalue weighted by Crippen LogP contribution is 2.25. The van der Waals surface area contributed by atoms with E-state index >= 15 is 0 Å². The first-order valence-electron chi connectivity index (χ1n) is 6.40. The highest BCUT2D eigenvalue weighted by atomic mass is 16.5. The van der Waals surface area contributed by atoms with Crippen LogP contribution in [0.3, 0.4) is 0 Å². The van der Waals surface area contributed by atoms with Gasteiger partial charge in [-0.3, -0.25) is 0 Å². The predicted octanol–water partition coefficient (Wildman–Crippen LogP) is 2.76. The fourth-order valence-electron chi connectivity index (χ4n) is 2.17. The zero-order valence-electron chi connectivity index (χ0n) is 11.2. The summed E-state index contributed by atoms with van der Waals surface area (Å²) in [5.74, 6) is 1.51. The Labute approximate surface area is 117 Å². The lowest BCUT2D eigenvalue weighted by molar-refractivity contribution is 0.415. The molecule has 0 saturated heterocycles. The van der Waals surface area contributed by atoms with Gasteiger partial charge >= 0.3 is 0 Å². The number of benzene rings is 2. The second-order valence-corrected chi connectivity index (χ2v) is 4.49. The van der Waals surface area contributed by atoms with E-state index in [-0.39, 0.29) is 0 Å². The molecule has 0 aliphatic carbocycles. The highest BCUT2D eigenvalue weighted by Gasteiger charge is 2.03. The number of hydrogen-bond acceptors (Lipinski definition) is 4. The van der Waals surface area contributed by atoms with Crippen molar-refractivity contribution in [3.8, 4) is 17.0 Å². The van der Waals surface area contributed by atoms with Gasteiger partial charge in [0, 0.05) is 11.8 Å². The number of aromatic nitrogens is 2. The minimum atomic E-state index is 0.346. The Balaban J connectivity index is 2.08. The van der Waals surface area contributed by atoms with E-state index in [0.29, 0.717) is 12.4 Å². The summed E-state index contributed by atoms with van der Waals surface area (Å²) < 4.78 is 5.23. The molecular weight excluding hydrogens is 250 g/mol. The third kappa shape index (κ3) is 2.33. The molecule has 0 saturated carbocycles. The standard InChI is InChI=1S/C16H15N3O/c1-20-14-5-4-11-8-13(3-2-12(11)9-14)15-6-7-18-16(10-17)19-15/h2-9H,10,17H2,1H3. The summed E-state index contributed by atoms with van der Waals surface area (Å²) in [4.78, 5) is 8.56. The van der Waals surface area contributed by atoms with Crippen LogP contribution in [0.15, 0.2) is 48.7 Å². The van der Waals surface area contributed by atoms with Crippen LogP contribution < -0.4 is 10.5 Å². The molecule has 0 amide bonds. The SMILES string of the molecule is COc1ccc2cc(-c3ccnc(CN)n3)ccc2c1. The molecule has 3 aromatic rings. The van der Waals surface area contributed by atoms with Crippen molar-refractivity contribution in [3.63, 3.8) is 0 Å². The molecule has 4 nitrogen and oxygen atoms in total. The molecule has 3 rings (SSSR count). The number of rotatable bonds is 3. The van der Waals surface area contributed by atoms with Gasteiger partial charge in [0.05, 0.1) is 19.3 Å². The molecule has 0 spiro atoms. The third-order valence-electron chi connectivity index (χ3n) is 3.23. The fraction of sp³-hybridized carbons (Fsp3) is 0.125. The van der Waals surface area contributed by atoms with Crippen molar-refractivity contribution in [3.05, 3.63) is 54.5 Å². The molecule has 20 heavy (non-hydrogen) atoms. The number of ether oxygens (including phenoxy) is 1. The Morgan fingerprint density at radius 2 is 1.85 bits per heavy atom. The highest BCUT2D eigenvalue weighted by molar-refractivity contribution is 5.87. The summed E-state index contributed by atoms with van der Waals surface area (Å²) in [6.07, 6.45) is 1.74. The van der Waals surface area contributed by atoms with Crippen LogP contribution in [0, 0.1) is 0 Å². The Morgan fingerprint density at radius 1 is 1.05 bits per heavy atom. The number of hydrogen-bond donors (Lipinski definition) is 1. The summed E-state index contributed by atoms with van der Waals surface area (Å²) in [6, 6.07) is 14.1. The first-order chi connectivity index (χ1) is 9.80. The van der Waals surface area contributed by atoms with Crippen molar-refractivity contribution < 1.29 is 4.74 Å². The minimum Gasteiger partial charge on any atom is -0.497 e. The maximum absolute atomic E-state index is 5.58. The monoisotopic (exact) mass is 265 g/mol. The van der Waals surface area contributed by atoms with Gasteiger partial charge in [-0.2, -0.15) is 0 Å². The van der Waals surface area contributed by atoms with E-state index in [9.17, 15) is 0 Å². The summed E-state index contributed by atoms with van der Waals surface area (Å²) in [5, 5.41) is 2.29. The van der Waals surface area contributed by atoms with Crippen molar-refractivity contribution in [1.29, 1.82) is 0 Å². The van der Waals surface area contributed by atoms with Gasteiger partial charge in [0.15, 0.2) is 0 Å². The van der Waals surface area contributed by atoms with Gasteiger partial charge in [-0.1, -0.05) is 18.2 Å². The lowest BCUT2D eigenvalue weighted by Gasteiger charge is -2.06. The van der Waals surface area contributed by atoms with Crippen molar-refractivity contribution in [2.45, 2.75) is 6.54 Å². The van der Waals surface area contributed by atoms with Gasteiger partial charge in [-0.15, -0.1) is 0 Å². The van der Waals surface area contributed by atoms with Crippen LogP contribution in [0.1, 0.15) is 5.82 Å². The van der Waals surface area contributed by atoms with Gasteiger partial charge in [0.1, 0.15) is 11.6 Å². The molecule has 0 aliphatic heterocycles. The molecule has 100 valence electrons. The van der Waals surface area contributed by atoms with E-state index in [4.69, 9.17) is 10.5 Å². The Hall–Kier alpha value is -2.46. The lowest BCUT2D eigenvalue weighted by Crippen LogP contribution is -2.02. The molecule has 1 heterocycles. The van der Waals surface area contributed by atoms with Gasteiger partial charge in [-0.25, -0.2) is 9.97 Å². The normalized spacial score (nSPS) is 10.7. The molecule has 0 aliphatic rings. The quantitative estimate of drug-likeness (QED) is 0.791. The summed E-state index contributed by atoms with van der Waals surface area (Å²) in [6.45, 7) is 0.346. The van der Waals surface area contributed by atoms with Gasteiger partial charge in [-0.05, 0) is 35.0 Å². The molecule has 0 radical (unpaired) electrons. The van der Waals surface area contributed by atoms with E-state index in [2.05, 4.69) is 22.1 Å². The van der Waals surface area contributed by atoms with Crippen molar-refractivity contribution >= 4 is 10.8 Å².